The number of hydrogen-bond acceptors (Lipinski definition) is 3. The zero-order valence-corrected chi connectivity index (χ0v) is 15.5. The van der Waals surface area contributed by atoms with Gasteiger partial charge in [-0.15, -0.1) is 0 Å². The number of amides is 2. The maximum atomic E-state index is 12.5. The average molecular weight is 354 g/mol. The SMILES string of the molecule is COc1ccc(C(=O)NC(C(=O)NCCc2ccccc2)C(C)C)cc1. The third-order valence-electron chi connectivity index (χ3n) is 4.14. The first kappa shape index (κ1) is 19.5. The lowest BCUT2D eigenvalue weighted by molar-refractivity contribution is -0.123. The van der Waals surface area contributed by atoms with E-state index in [9.17, 15) is 9.59 Å². The molecule has 1 atom stereocenters. The van der Waals surface area contributed by atoms with Crippen molar-refractivity contribution < 1.29 is 14.3 Å². The van der Waals surface area contributed by atoms with E-state index in [0.29, 0.717) is 17.9 Å². The van der Waals surface area contributed by atoms with Gasteiger partial charge in [0.05, 0.1) is 7.11 Å². The third-order valence-corrected chi connectivity index (χ3v) is 4.14. The monoisotopic (exact) mass is 354 g/mol. The highest BCUT2D eigenvalue weighted by Crippen LogP contribution is 2.12. The van der Waals surface area contributed by atoms with Gasteiger partial charge in [0.1, 0.15) is 11.8 Å². The number of ether oxygens (including phenoxy) is 1. The van der Waals surface area contributed by atoms with E-state index >= 15 is 0 Å². The fourth-order valence-corrected chi connectivity index (χ4v) is 2.59. The molecule has 2 rings (SSSR count). The molecule has 0 heterocycles. The van der Waals surface area contributed by atoms with Gasteiger partial charge in [-0.3, -0.25) is 9.59 Å². The second kappa shape index (κ2) is 9.61. The van der Waals surface area contributed by atoms with Gasteiger partial charge in [-0.1, -0.05) is 44.2 Å². The van der Waals surface area contributed by atoms with Crippen LogP contribution in [0, 0.1) is 5.92 Å². The van der Waals surface area contributed by atoms with E-state index in [2.05, 4.69) is 10.6 Å². The predicted molar refractivity (Wildman–Crippen MR) is 102 cm³/mol. The van der Waals surface area contributed by atoms with Crippen molar-refractivity contribution in [3.63, 3.8) is 0 Å². The molecule has 0 spiro atoms. The molecule has 1 unspecified atom stereocenters. The number of carbonyl (C=O) groups is 2. The summed E-state index contributed by atoms with van der Waals surface area (Å²) < 4.78 is 5.09. The molecule has 0 aliphatic carbocycles. The molecule has 2 amide bonds. The number of carbonyl (C=O) groups excluding carboxylic acids is 2. The van der Waals surface area contributed by atoms with Crippen LogP contribution in [0.5, 0.6) is 5.75 Å². The van der Waals surface area contributed by atoms with E-state index in [1.54, 1.807) is 31.4 Å². The van der Waals surface area contributed by atoms with Crippen LogP contribution in [0.1, 0.15) is 29.8 Å². The van der Waals surface area contributed by atoms with E-state index in [1.165, 1.54) is 0 Å². The molecule has 5 nitrogen and oxygen atoms in total. The van der Waals surface area contributed by atoms with Gasteiger partial charge in [0, 0.05) is 12.1 Å². The number of methoxy groups -OCH3 is 1. The molecular weight excluding hydrogens is 328 g/mol. The van der Waals surface area contributed by atoms with Crippen molar-refractivity contribution in [1.29, 1.82) is 0 Å². The van der Waals surface area contributed by atoms with Crippen LogP contribution in [-0.2, 0) is 11.2 Å². The van der Waals surface area contributed by atoms with Crippen LogP contribution < -0.4 is 15.4 Å². The van der Waals surface area contributed by atoms with E-state index in [1.807, 2.05) is 44.2 Å². The molecule has 0 aliphatic heterocycles. The molecule has 2 aromatic carbocycles. The lowest BCUT2D eigenvalue weighted by atomic mass is 10.0. The Morgan fingerprint density at radius 1 is 1.00 bits per heavy atom. The molecule has 0 aliphatic rings. The van der Waals surface area contributed by atoms with Crippen molar-refractivity contribution >= 4 is 11.8 Å². The molecule has 0 aromatic heterocycles. The van der Waals surface area contributed by atoms with Crippen molar-refractivity contribution in [2.75, 3.05) is 13.7 Å². The standard InChI is InChI=1S/C21H26N2O3/c1-15(2)19(21(25)22-14-13-16-7-5-4-6-8-16)23-20(24)17-9-11-18(26-3)12-10-17/h4-12,15,19H,13-14H2,1-3H3,(H,22,25)(H,23,24). The Bertz CT molecular complexity index is 712. The first-order valence-electron chi connectivity index (χ1n) is 8.78. The zero-order chi connectivity index (χ0) is 18.9. The van der Waals surface area contributed by atoms with Gasteiger partial charge in [-0.05, 0) is 42.2 Å². The van der Waals surface area contributed by atoms with Crippen molar-refractivity contribution in [2.24, 2.45) is 5.92 Å². The number of hydrogen-bond donors (Lipinski definition) is 2. The van der Waals surface area contributed by atoms with Crippen LogP contribution in [0.2, 0.25) is 0 Å². The van der Waals surface area contributed by atoms with Gasteiger partial charge in [0.25, 0.3) is 5.91 Å². The van der Waals surface area contributed by atoms with Gasteiger partial charge >= 0.3 is 0 Å². The largest absolute Gasteiger partial charge is 0.497 e. The maximum Gasteiger partial charge on any atom is 0.251 e. The second-order valence-corrected chi connectivity index (χ2v) is 6.45. The molecule has 138 valence electrons. The summed E-state index contributed by atoms with van der Waals surface area (Å²) in [5.41, 5.74) is 1.66. The molecule has 0 radical (unpaired) electrons. The van der Waals surface area contributed by atoms with E-state index in [-0.39, 0.29) is 17.7 Å². The minimum Gasteiger partial charge on any atom is -0.497 e. The molecular formula is C21H26N2O3. The smallest absolute Gasteiger partial charge is 0.251 e. The van der Waals surface area contributed by atoms with E-state index < -0.39 is 6.04 Å². The molecule has 2 aromatic rings. The summed E-state index contributed by atoms with van der Waals surface area (Å²) in [5, 5.41) is 5.74. The molecule has 5 heteroatoms. The van der Waals surface area contributed by atoms with Crippen LogP contribution in [0.15, 0.2) is 54.6 Å². The second-order valence-electron chi connectivity index (χ2n) is 6.45. The molecule has 2 N–H and O–H groups in total. The Morgan fingerprint density at radius 3 is 2.23 bits per heavy atom. The highest BCUT2D eigenvalue weighted by atomic mass is 16.5. The minimum absolute atomic E-state index is 0.0195. The number of nitrogens with one attached hydrogen (secondary N) is 2. The summed E-state index contributed by atoms with van der Waals surface area (Å²) >= 11 is 0. The third kappa shape index (κ3) is 5.62. The first-order valence-corrected chi connectivity index (χ1v) is 8.78. The van der Waals surface area contributed by atoms with Crippen molar-refractivity contribution in [1.82, 2.24) is 10.6 Å². The average Bonchev–Trinajstić information content (AvgIpc) is 2.66. The topological polar surface area (TPSA) is 67.4 Å². The molecule has 0 bridgehead atoms. The van der Waals surface area contributed by atoms with Gasteiger partial charge in [-0.25, -0.2) is 0 Å². The predicted octanol–water partition coefficient (Wildman–Crippen LogP) is 2.81. The summed E-state index contributed by atoms with van der Waals surface area (Å²) in [6.45, 7) is 4.36. The zero-order valence-electron chi connectivity index (χ0n) is 15.5. The lowest BCUT2D eigenvalue weighted by Crippen LogP contribution is -2.50. The van der Waals surface area contributed by atoms with Gasteiger partial charge in [0.2, 0.25) is 5.91 Å². The van der Waals surface area contributed by atoms with E-state index in [4.69, 9.17) is 4.74 Å². The minimum atomic E-state index is -0.583. The van der Waals surface area contributed by atoms with Crippen molar-refractivity contribution in [3.8, 4) is 5.75 Å². The van der Waals surface area contributed by atoms with Gasteiger partial charge in [0.15, 0.2) is 0 Å². The number of rotatable bonds is 8. The Balaban J connectivity index is 1.91. The summed E-state index contributed by atoms with van der Waals surface area (Å²) in [5.74, 6) is 0.219. The molecule has 0 saturated carbocycles. The van der Waals surface area contributed by atoms with Crippen LogP contribution in [0.4, 0.5) is 0 Å². The van der Waals surface area contributed by atoms with Gasteiger partial charge < -0.3 is 15.4 Å². The fraction of sp³-hybridized carbons (Fsp3) is 0.333. The number of benzene rings is 2. The lowest BCUT2D eigenvalue weighted by Gasteiger charge is -2.22. The Labute approximate surface area is 154 Å². The maximum absolute atomic E-state index is 12.5. The summed E-state index contributed by atoms with van der Waals surface area (Å²) in [6.07, 6.45) is 0.754. The normalized spacial score (nSPS) is 11.7. The van der Waals surface area contributed by atoms with Crippen molar-refractivity contribution in [2.45, 2.75) is 26.3 Å². The first-order chi connectivity index (χ1) is 12.5. The quantitative estimate of drug-likeness (QED) is 0.766. The fourth-order valence-electron chi connectivity index (χ4n) is 2.59. The summed E-state index contributed by atoms with van der Waals surface area (Å²) in [7, 11) is 1.57. The summed E-state index contributed by atoms with van der Waals surface area (Å²) in [4.78, 5) is 24.9. The highest BCUT2D eigenvalue weighted by molar-refractivity contribution is 5.97. The Morgan fingerprint density at radius 2 is 1.65 bits per heavy atom. The van der Waals surface area contributed by atoms with Crippen LogP contribution in [0.25, 0.3) is 0 Å². The molecule has 0 saturated heterocycles. The van der Waals surface area contributed by atoms with E-state index in [0.717, 1.165) is 12.0 Å². The Kier molecular flexibility index (Phi) is 7.21. The summed E-state index contributed by atoms with van der Waals surface area (Å²) in [6, 6.07) is 16.2. The van der Waals surface area contributed by atoms with Crippen molar-refractivity contribution in [3.05, 3.63) is 65.7 Å². The molecule has 26 heavy (non-hydrogen) atoms. The van der Waals surface area contributed by atoms with Crippen LogP contribution >= 0.6 is 0 Å². The van der Waals surface area contributed by atoms with Gasteiger partial charge in [-0.2, -0.15) is 0 Å². The van der Waals surface area contributed by atoms with Crippen LogP contribution in [-0.4, -0.2) is 31.5 Å². The van der Waals surface area contributed by atoms with Crippen LogP contribution in [0.3, 0.4) is 0 Å². The highest BCUT2D eigenvalue weighted by Gasteiger charge is 2.24. The Hall–Kier alpha value is -2.82. The molecule has 0 fully saturated rings.